The van der Waals surface area contributed by atoms with Crippen LogP contribution in [0.4, 0.5) is 0 Å². The number of benzene rings is 1. The number of pyridine rings is 1. The van der Waals surface area contributed by atoms with Crippen molar-refractivity contribution in [3.05, 3.63) is 75.5 Å². The van der Waals surface area contributed by atoms with Crippen LogP contribution in [0.25, 0.3) is 0 Å². The summed E-state index contributed by atoms with van der Waals surface area (Å²) in [5, 5.41) is 6.20. The van der Waals surface area contributed by atoms with Gasteiger partial charge in [0.15, 0.2) is 0 Å². The minimum absolute atomic E-state index is 0.0823. The van der Waals surface area contributed by atoms with Gasteiger partial charge in [-0.25, -0.2) is 4.98 Å². The molecule has 0 bridgehead atoms. The summed E-state index contributed by atoms with van der Waals surface area (Å²) in [6.45, 7) is 0.776. The van der Waals surface area contributed by atoms with Gasteiger partial charge in [-0.2, -0.15) is 0 Å². The van der Waals surface area contributed by atoms with Crippen LogP contribution in [-0.4, -0.2) is 15.9 Å². The zero-order valence-corrected chi connectivity index (χ0v) is 14.9. The van der Waals surface area contributed by atoms with Crippen molar-refractivity contribution in [2.75, 3.05) is 0 Å². The highest BCUT2D eigenvalue weighted by Crippen LogP contribution is 2.18. The van der Waals surface area contributed by atoms with E-state index in [0.717, 1.165) is 22.1 Å². The van der Waals surface area contributed by atoms with Gasteiger partial charge in [0.05, 0.1) is 24.4 Å². The lowest BCUT2D eigenvalue weighted by molar-refractivity contribution is -0.120. The molecule has 1 amide bonds. The van der Waals surface area contributed by atoms with Crippen LogP contribution in [0.1, 0.15) is 16.4 Å². The average Bonchev–Trinajstić information content (AvgIpc) is 3.08. The molecule has 0 saturated carbocycles. The van der Waals surface area contributed by atoms with Gasteiger partial charge in [-0.3, -0.25) is 9.78 Å². The van der Waals surface area contributed by atoms with Gasteiger partial charge >= 0.3 is 0 Å². The van der Waals surface area contributed by atoms with Crippen molar-refractivity contribution in [1.82, 2.24) is 15.3 Å². The first-order chi connectivity index (χ1) is 12.2. The molecule has 0 radical (unpaired) electrons. The number of thiazole rings is 1. The number of carbonyl (C=O) groups is 1. The minimum atomic E-state index is -0.0823. The molecule has 1 aromatic carbocycles. The van der Waals surface area contributed by atoms with Gasteiger partial charge in [0, 0.05) is 16.6 Å². The molecule has 25 heavy (non-hydrogen) atoms. The number of halogens is 1. The van der Waals surface area contributed by atoms with Crippen LogP contribution in [0.15, 0.2) is 54.0 Å². The molecule has 1 N–H and O–H groups in total. The molecular weight excluding hydrogens is 358 g/mol. The molecule has 7 heteroatoms. The van der Waals surface area contributed by atoms with E-state index in [2.05, 4.69) is 15.3 Å². The number of ether oxygens (including phenoxy) is 1. The normalized spacial score (nSPS) is 10.4. The van der Waals surface area contributed by atoms with Gasteiger partial charge in [-0.1, -0.05) is 17.7 Å². The van der Waals surface area contributed by atoms with Gasteiger partial charge in [0.25, 0.3) is 0 Å². The first kappa shape index (κ1) is 17.4. The van der Waals surface area contributed by atoms with E-state index in [4.69, 9.17) is 16.3 Å². The van der Waals surface area contributed by atoms with Gasteiger partial charge in [-0.15, -0.1) is 11.3 Å². The molecule has 0 aliphatic carbocycles. The maximum atomic E-state index is 12.0. The van der Waals surface area contributed by atoms with Gasteiger partial charge in [0.1, 0.15) is 17.4 Å². The lowest BCUT2D eigenvalue weighted by atomic mass is 10.3. The van der Waals surface area contributed by atoms with Gasteiger partial charge < -0.3 is 10.1 Å². The Morgan fingerprint density at radius 2 is 2.00 bits per heavy atom. The Morgan fingerprint density at radius 1 is 1.16 bits per heavy atom. The monoisotopic (exact) mass is 373 g/mol. The van der Waals surface area contributed by atoms with Crippen LogP contribution < -0.4 is 10.1 Å². The van der Waals surface area contributed by atoms with Crippen LogP contribution in [0.5, 0.6) is 5.75 Å². The van der Waals surface area contributed by atoms with Crippen LogP contribution >= 0.6 is 22.9 Å². The summed E-state index contributed by atoms with van der Waals surface area (Å²) < 4.78 is 5.65. The highest BCUT2D eigenvalue weighted by atomic mass is 35.5. The van der Waals surface area contributed by atoms with E-state index in [1.807, 2.05) is 35.7 Å². The summed E-state index contributed by atoms with van der Waals surface area (Å²) in [5.41, 5.74) is 1.56. The summed E-state index contributed by atoms with van der Waals surface area (Å²) >= 11 is 7.31. The lowest BCUT2D eigenvalue weighted by Crippen LogP contribution is -2.25. The van der Waals surface area contributed by atoms with E-state index in [0.29, 0.717) is 18.2 Å². The second-order valence-corrected chi connectivity index (χ2v) is 6.63. The fraction of sp³-hybridized carbons (Fsp3) is 0.167. The molecule has 2 heterocycles. The number of rotatable bonds is 7. The van der Waals surface area contributed by atoms with E-state index in [-0.39, 0.29) is 12.3 Å². The van der Waals surface area contributed by atoms with Crippen molar-refractivity contribution in [2.45, 2.75) is 19.6 Å². The second-order valence-electron chi connectivity index (χ2n) is 5.25. The molecule has 0 atom stereocenters. The molecule has 5 nitrogen and oxygen atoms in total. The first-order valence-corrected chi connectivity index (χ1v) is 8.93. The molecule has 3 aromatic rings. The highest BCUT2D eigenvalue weighted by molar-refractivity contribution is 7.09. The Hall–Kier alpha value is -2.44. The van der Waals surface area contributed by atoms with Crippen molar-refractivity contribution >= 4 is 28.8 Å². The second kappa shape index (κ2) is 8.60. The van der Waals surface area contributed by atoms with Crippen LogP contribution in [-0.2, 0) is 24.4 Å². The summed E-state index contributed by atoms with van der Waals surface area (Å²) in [4.78, 5) is 20.6. The SMILES string of the molecule is O=C(Cc1csc(COc2ccc(Cl)cc2)n1)NCc1ccccn1. The number of hydrogen-bond acceptors (Lipinski definition) is 5. The zero-order valence-electron chi connectivity index (χ0n) is 13.3. The molecular formula is C18H16ClN3O2S. The fourth-order valence-corrected chi connectivity index (χ4v) is 2.92. The number of amides is 1. The van der Waals surface area contributed by atoms with E-state index in [1.165, 1.54) is 11.3 Å². The minimum Gasteiger partial charge on any atom is -0.486 e. The van der Waals surface area contributed by atoms with Crippen molar-refractivity contribution in [2.24, 2.45) is 0 Å². The Balaban J connectivity index is 1.46. The Kier molecular flexibility index (Phi) is 5.98. The summed E-state index contributed by atoms with van der Waals surface area (Å²) in [5.74, 6) is 0.648. The average molecular weight is 374 g/mol. The Labute approximate surface area is 154 Å². The highest BCUT2D eigenvalue weighted by Gasteiger charge is 2.08. The lowest BCUT2D eigenvalue weighted by Gasteiger charge is -2.04. The molecule has 0 unspecified atom stereocenters. The molecule has 0 spiro atoms. The molecule has 0 fully saturated rings. The number of hydrogen-bond donors (Lipinski definition) is 1. The Bertz CT molecular complexity index is 822. The number of aromatic nitrogens is 2. The summed E-state index contributed by atoms with van der Waals surface area (Å²) in [6.07, 6.45) is 1.94. The number of carbonyl (C=O) groups excluding carboxylic acids is 1. The molecule has 0 aliphatic rings. The van der Waals surface area contributed by atoms with Crippen molar-refractivity contribution in [3.8, 4) is 5.75 Å². The molecule has 128 valence electrons. The first-order valence-electron chi connectivity index (χ1n) is 7.67. The van der Waals surface area contributed by atoms with Crippen LogP contribution in [0.2, 0.25) is 5.02 Å². The van der Waals surface area contributed by atoms with E-state index < -0.39 is 0 Å². The third-order valence-electron chi connectivity index (χ3n) is 3.31. The summed E-state index contributed by atoms with van der Waals surface area (Å²) in [7, 11) is 0. The predicted octanol–water partition coefficient (Wildman–Crippen LogP) is 3.63. The van der Waals surface area contributed by atoms with Crippen LogP contribution in [0, 0.1) is 0 Å². The maximum Gasteiger partial charge on any atom is 0.226 e. The predicted molar refractivity (Wildman–Crippen MR) is 97.7 cm³/mol. The van der Waals surface area contributed by atoms with Gasteiger partial charge in [0.2, 0.25) is 5.91 Å². The van der Waals surface area contributed by atoms with E-state index in [1.54, 1.807) is 18.3 Å². The summed E-state index contributed by atoms with van der Waals surface area (Å²) in [6, 6.07) is 12.8. The smallest absolute Gasteiger partial charge is 0.226 e. The third-order valence-corrected chi connectivity index (χ3v) is 4.43. The standard InChI is InChI=1S/C18H16ClN3O2S/c19-13-4-6-16(7-5-13)24-11-18-22-15(12-25-18)9-17(23)21-10-14-3-1-2-8-20-14/h1-8,12H,9-11H2,(H,21,23). The Morgan fingerprint density at radius 3 is 2.76 bits per heavy atom. The molecule has 3 rings (SSSR count). The topological polar surface area (TPSA) is 64.1 Å². The number of nitrogens with zero attached hydrogens (tertiary/aromatic N) is 2. The van der Waals surface area contributed by atoms with Crippen molar-refractivity contribution in [3.63, 3.8) is 0 Å². The number of nitrogens with one attached hydrogen (secondary N) is 1. The van der Waals surface area contributed by atoms with E-state index >= 15 is 0 Å². The third kappa shape index (κ3) is 5.55. The fourth-order valence-electron chi connectivity index (χ4n) is 2.09. The quantitative estimate of drug-likeness (QED) is 0.686. The van der Waals surface area contributed by atoms with Crippen molar-refractivity contribution in [1.29, 1.82) is 0 Å². The largest absolute Gasteiger partial charge is 0.486 e. The molecule has 2 aromatic heterocycles. The molecule has 0 aliphatic heterocycles. The van der Waals surface area contributed by atoms with E-state index in [9.17, 15) is 4.79 Å². The molecule has 0 saturated heterocycles. The van der Waals surface area contributed by atoms with Gasteiger partial charge in [-0.05, 0) is 36.4 Å². The maximum absolute atomic E-state index is 12.0. The zero-order chi connectivity index (χ0) is 17.5. The van der Waals surface area contributed by atoms with Crippen LogP contribution in [0.3, 0.4) is 0 Å². The van der Waals surface area contributed by atoms with Crippen molar-refractivity contribution < 1.29 is 9.53 Å².